The second-order valence-corrected chi connectivity index (χ2v) is 7.95. The summed E-state index contributed by atoms with van der Waals surface area (Å²) in [5.74, 6) is -1.25. The fourth-order valence-electron chi connectivity index (χ4n) is 3.99. The lowest BCUT2D eigenvalue weighted by Crippen LogP contribution is -2.38. The molecule has 1 aliphatic rings. The average molecular weight is 475 g/mol. The van der Waals surface area contributed by atoms with Crippen LogP contribution in [0.5, 0.6) is 0 Å². The van der Waals surface area contributed by atoms with E-state index in [1.54, 1.807) is 66.7 Å². The van der Waals surface area contributed by atoms with Crippen molar-refractivity contribution in [2.75, 3.05) is 6.61 Å². The maximum atomic E-state index is 12.7. The Kier molecular flexibility index (Phi) is 6.13. The lowest BCUT2D eigenvalue weighted by molar-refractivity contribution is -0.0583. The molecular weight excluding hydrogens is 454 g/mol. The molecular formula is C25H21N3O7. The molecule has 10 nitrogen and oxygen atoms in total. The number of rotatable bonds is 6. The molecule has 0 saturated carbocycles. The number of fused-ring (bicyclic) bond motifs is 1. The monoisotopic (exact) mass is 475 g/mol. The number of imidazole rings is 1. The molecule has 35 heavy (non-hydrogen) atoms. The third-order valence-corrected chi connectivity index (χ3v) is 5.73. The summed E-state index contributed by atoms with van der Waals surface area (Å²) in [4.78, 5) is 43.9. The summed E-state index contributed by atoms with van der Waals surface area (Å²) >= 11 is 0. The van der Waals surface area contributed by atoms with E-state index in [4.69, 9.17) is 14.2 Å². The van der Waals surface area contributed by atoms with Crippen LogP contribution in [0.2, 0.25) is 0 Å². The Labute approximate surface area is 198 Å². The number of benzene rings is 2. The van der Waals surface area contributed by atoms with Gasteiger partial charge in [0, 0.05) is 6.20 Å². The minimum Gasteiger partial charge on any atom is -0.459 e. The van der Waals surface area contributed by atoms with Crippen LogP contribution in [0.25, 0.3) is 11.0 Å². The number of hydrogen-bond donors (Lipinski definition) is 2. The Bertz CT molecular complexity index is 1400. The number of carbonyl (C=O) groups excluding carboxylic acids is 2. The first-order chi connectivity index (χ1) is 17.0. The van der Waals surface area contributed by atoms with Crippen LogP contribution < -0.4 is 5.56 Å². The Morgan fingerprint density at radius 2 is 1.66 bits per heavy atom. The molecule has 178 valence electrons. The fourth-order valence-corrected chi connectivity index (χ4v) is 3.99. The molecule has 5 rings (SSSR count). The van der Waals surface area contributed by atoms with Gasteiger partial charge in [-0.1, -0.05) is 36.4 Å². The van der Waals surface area contributed by atoms with Gasteiger partial charge in [-0.05, 0) is 30.3 Å². The Morgan fingerprint density at radius 3 is 2.34 bits per heavy atom. The third kappa shape index (κ3) is 4.44. The van der Waals surface area contributed by atoms with Gasteiger partial charge in [0.15, 0.2) is 17.8 Å². The van der Waals surface area contributed by atoms with Crippen molar-refractivity contribution < 1.29 is 28.9 Å². The Balaban J connectivity index is 1.41. The van der Waals surface area contributed by atoms with E-state index >= 15 is 0 Å². The number of nitrogens with one attached hydrogen (secondary N) is 1. The van der Waals surface area contributed by atoms with E-state index < -0.39 is 42.0 Å². The number of pyridine rings is 1. The molecule has 1 fully saturated rings. The van der Waals surface area contributed by atoms with E-state index in [1.165, 1.54) is 17.1 Å². The zero-order valence-corrected chi connectivity index (χ0v) is 18.3. The van der Waals surface area contributed by atoms with E-state index in [-0.39, 0.29) is 12.1 Å². The van der Waals surface area contributed by atoms with Crippen molar-refractivity contribution in [3.8, 4) is 0 Å². The first kappa shape index (κ1) is 22.5. The lowest BCUT2D eigenvalue weighted by Gasteiger charge is -2.21. The lowest BCUT2D eigenvalue weighted by atomic mass is 10.1. The van der Waals surface area contributed by atoms with Crippen molar-refractivity contribution in [3.63, 3.8) is 0 Å². The molecule has 4 aromatic rings. The fraction of sp³-hybridized carbons (Fsp3) is 0.200. The van der Waals surface area contributed by atoms with Gasteiger partial charge in [0.25, 0.3) is 5.56 Å². The van der Waals surface area contributed by atoms with Crippen molar-refractivity contribution in [3.05, 3.63) is 101 Å². The molecule has 1 aliphatic heterocycles. The summed E-state index contributed by atoms with van der Waals surface area (Å²) in [6, 6.07) is 18.3. The molecule has 10 heteroatoms. The number of nitrogens with zero attached hydrogens (tertiary/aromatic N) is 2. The normalized spacial score (nSPS) is 21.6. The van der Waals surface area contributed by atoms with Gasteiger partial charge in [-0.25, -0.2) is 14.6 Å². The Morgan fingerprint density at radius 1 is 1.00 bits per heavy atom. The van der Waals surface area contributed by atoms with Gasteiger partial charge in [0.2, 0.25) is 0 Å². The minimum atomic E-state index is -1.33. The van der Waals surface area contributed by atoms with Crippen LogP contribution in [0.3, 0.4) is 0 Å². The molecule has 0 spiro atoms. The SMILES string of the molecule is O=C(OC[C@H]1O[C@@H](n2cnc3c(=O)[nH]ccc32)[C@H](O)[C@@H]1OC(=O)c1ccccc1)c1ccccc1. The van der Waals surface area contributed by atoms with E-state index in [9.17, 15) is 19.5 Å². The molecule has 0 radical (unpaired) electrons. The summed E-state index contributed by atoms with van der Waals surface area (Å²) in [6.45, 7) is -0.277. The smallest absolute Gasteiger partial charge is 0.338 e. The van der Waals surface area contributed by atoms with Crippen LogP contribution >= 0.6 is 0 Å². The summed E-state index contributed by atoms with van der Waals surface area (Å²) in [5.41, 5.74) is 0.838. The number of esters is 2. The zero-order chi connectivity index (χ0) is 24.4. The molecule has 0 unspecified atom stereocenters. The number of ether oxygens (including phenoxy) is 3. The van der Waals surface area contributed by atoms with Crippen LogP contribution in [0.15, 0.2) is 84.0 Å². The number of aliphatic hydroxyl groups is 1. The maximum Gasteiger partial charge on any atom is 0.338 e. The van der Waals surface area contributed by atoms with Gasteiger partial charge in [-0.2, -0.15) is 0 Å². The average Bonchev–Trinajstić information content (AvgIpc) is 3.45. The third-order valence-electron chi connectivity index (χ3n) is 5.73. The van der Waals surface area contributed by atoms with Crippen molar-refractivity contribution in [1.82, 2.24) is 14.5 Å². The summed E-state index contributed by atoms with van der Waals surface area (Å²) in [5, 5.41) is 11.1. The Hall–Kier alpha value is -4.28. The second-order valence-electron chi connectivity index (χ2n) is 7.95. The quantitative estimate of drug-likeness (QED) is 0.405. The van der Waals surface area contributed by atoms with Crippen LogP contribution in [-0.4, -0.2) is 56.5 Å². The molecule has 2 N–H and O–H groups in total. The van der Waals surface area contributed by atoms with Crippen molar-refractivity contribution in [1.29, 1.82) is 0 Å². The molecule has 0 bridgehead atoms. The van der Waals surface area contributed by atoms with E-state index in [1.807, 2.05) is 0 Å². The van der Waals surface area contributed by atoms with Gasteiger partial charge in [0.1, 0.15) is 18.8 Å². The standard InChI is InChI=1S/C25H21N3O7/c29-20-21(35-25(32)16-9-5-2-6-10-16)18(13-33-24(31)15-7-3-1-4-8-15)34-23(20)28-14-27-19-17(28)11-12-26-22(19)30/h1-12,14,18,20-21,23,29H,13H2,(H,26,30)/t18-,20-,21-,23-/m1/s1. The van der Waals surface area contributed by atoms with Crippen LogP contribution in [0.4, 0.5) is 0 Å². The number of aromatic nitrogens is 3. The zero-order valence-electron chi connectivity index (χ0n) is 18.3. The van der Waals surface area contributed by atoms with E-state index in [2.05, 4.69) is 9.97 Å². The van der Waals surface area contributed by atoms with Crippen molar-refractivity contribution in [2.45, 2.75) is 24.5 Å². The maximum absolute atomic E-state index is 12.7. The number of carbonyl (C=O) groups is 2. The molecule has 2 aromatic carbocycles. The summed E-state index contributed by atoms with van der Waals surface area (Å²) in [6.07, 6.45) is -1.69. The van der Waals surface area contributed by atoms with Crippen LogP contribution in [0, 0.1) is 0 Å². The predicted molar refractivity (Wildman–Crippen MR) is 123 cm³/mol. The van der Waals surface area contributed by atoms with E-state index in [0.717, 1.165) is 0 Å². The molecule has 2 aromatic heterocycles. The minimum absolute atomic E-state index is 0.167. The summed E-state index contributed by atoms with van der Waals surface area (Å²) in [7, 11) is 0. The van der Waals surface area contributed by atoms with Crippen LogP contribution in [0.1, 0.15) is 26.9 Å². The molecule has 0 amide bonds. The first-order valence-electron chi connectivity index (χ1n) is 10.9. The largest absolute Gasteiger partial charge is 0.459 e. The van der Waals surface area contributed by atoms with Crippen molar-refractivity contribution in [2.24, 2.45) is 0 Å². The topological polar surface area (TPSA) is 133 Å². The molecule has 4 atom stereocenters. The van der Waals surface area contributed by atoms with Gasteiger partial charge in [-0.15, -0.1) is 0 Å². The molecule has 1 saturated heterocycles. The summed E-state index contributed by atoms with van der Waals surface area (Å²) < 4.78 is 18.5. The van der Waals surface area contributed by atoms with Gasteiger partial charge in [-0.3, -0.25) is 4.79 Å². The molecule has 0 aliphatic carbocycles. The second kappa shape index (κ2) is 9.53. The number of aliphatic hydroxyl groups excluding tert-OH is 1. The molecule has 3 heterocycles. The number of H-pyrrole nitrogens is 1. The number of hydrogen-bond acceptors (Lipinski definition) is 8. The number of aromatic amines is 1. The van der Waals surface area contributed by atoms with E-state index in [0.29, 0.717) is 16.6 Å². The first-order valence-corrected chi connectivity index (χ1v) is 10.9. The highest BCUT2D eigenvalue weighted by molar-refractivity contribution is 5.90. The highest BCUT2D eigenvalue weighted by Crippen LogP contribution is 2.34. The van der Waals surface area contributed by atoms with Crippen molar-refractivity contribution >= 4 is 23.0 Å². The highest BCUT2D eigenvalue weighted by Gasteiger charge is 2.48. The van der Waals surface area contributed by atoms with Gasteiger partial charge < -0.3 is 28.9 Å². The van der Waals surface area contributed by atoms with Gasteiger partial charge in [0.05, 0.1) is 23.0 Å². The highest BCUT2D eigenvalue weighted by atomic mass is 16.6. The van der Waals surface area contributed by atoms with Crippen LogP contribution in [-0.2, 0) is 14.2 Å². The van der Waals surface area contributed by atoms with Gasteiger partial charge >= 0.3 is 11.9 Å². The predicted octanol–water partition coefficient (Wildman–Crippen LogP) is 2.07.